The van der Waals surface area contributed by atoms with Crippen molar-refractivity contribution in [2.45, 2.75) is 0 Å². The number of allylic oxidation sites excluding steroid dienone is 1. The summed E-state index contributed by atoms with van der Waals surface area (Å²) in [5.41, 5.74) is 0. The molecule has 9 heavy (non-hydrogen) atoms. The first kappa shape index (κ1) is 12.4. The summed E-state index contributed by atoms with van der Waals surface area (Å²) >= 11 is 0. The first-order valence-corrected chi connectivity index (χ1v) is 4.71. The Morgan fingerprint density at radius 1 is 1.56 bits per heavy atom. The second kappa shape index (κ2) is 4.54. The summed E-state index contributed by atoms with van der Waals surface area (Å²) in [5, 5.41) is 0.0810. The molecular weight excluding hydrogens is 212 g/mol. The minimum atomic E-state index is -2.37. The predicted molar refractivity (Wildman–Crippen MR) is 34.3 cm³/mol. The van der Waals surface area contributed by atoms with Gasteiger partial charge in [0.1, 0.15) is 0 Å². The van der Waals surface area contributed by atoms with E-state index in [1.807, 2.05) is 0 Å². The maximum Gasteiger partial charge on any atom is 0.0777 e. The molecule has 0 aromatic heterocycles. The second-order valence-electron chi connectivity index (χ2n) is 1.90. The van der Waals surface area contributed by atoms with Gasteiger partial charge in [-0.15, -0.1) is 5.31 Å². The Kier molecular flexibility index (Phi) is 6.27. The summed E-state index contributed by atoms with van der Waals surface area (Å²) < 4.78 is 10.8. The first-order chi connectivity index (χ1) is 3.48. The number of rotatable bonds is 2. The SMILES string of the molecule is C=C([C-]=O)P(C)(C)=O.[Y]. The Labute approximate surface area is 80.3 Å². The number of hydrogen-bond acceptors (Lipinski definition) is 2. The van der Waals surface area contributed by atoms with E-state index in [0.717, 1.165) is 0 Å². The van der Waals surface area contributed by atoms with Crippen LogP contribution in [-0.2, 0) is 42.1 Å². The fourth-order valence-electron chi connectivity index (χ4n) is 0.110. The zero-order chi connectivity index (χ0) is 6.78. The fraction of sp³-hybridized carbons (Fsp3) is 0.400. The average Bonchev–Trinajstić information content (AvgIpc) is 1.62. The van der Waals surface area contributed by atoms with Crippen molar-refractivity contribution in [1.29, 1.82) is 0 Å². The normalized spacial score (nSPS) is 9.56. The molecule has 0 N–H and O–H groups in total. The summed E-state index contributed by atoms with van der Waals surface area (Å²) in [6.45, 7) is 6.23. The van der Waals surface area contributed by atoms with Crippen LogP contribution in [0, 0.1) is 0 Å². The fourth-order valence-corrected chi connectivity index (χ4v) is 0.330. The third kappa shape index (κ3) is 5.20. The topological polar surface area (TPSA) is 34.1 Å². The van der Waals surface area contributed by atoms with Crippen molar-refractivity contribution in [2.75, 3.05) is 13.3 Å². The number of carbonyl (C=O) groups excluding carboxylic acids is 1. The van der Waals surface area contributed by atoms with Gasteiger partial charge in [0.05, 0.1) is 7.14 Å². The van der Waals surface area contributed by atoms with Crippen LogP contribution in [0.15, 0.2) is 11.9 Å². The van der Waals surface area contributed by atoms with Crippen LogP contribution in [0.2, 0.25) is 0 Å². The quantitative estimate of drug-likeness (QED) is 0.398. The smallest absolute Gasteiger partial charge is 0.0777 e. The van der Waals surface area contributed by atoms with Crippen molar-refractivity contribution in [3.05, 3.63) is 11.9 Å². The van der Waals surface area contributed by atoms with Crippen LogP contribution >= 0.6 is 7.14 Å². The molecule has 2 nitrogen and oxygen atoms in total. The Balaban J connectivity index is 0. The van der Waals surface area contributed by atoms with Gasteiger partial charge in [0.25, 0.3) is 0 Å². The second-order valence-corrected chi connectivity index (χ2v) is 5.14. The molecule has 0 rings (SSSR count). The molecule has 0 aliphatic carbocycles. The molecule has 0 amide bonds. The molecule has 0 saturated carbocycles. The molecule has 0 aliphatic heterocycles. The van der Waals surface area contributed by atoms with Crippen molar-refractivity contribution in [2.24, 2.45) is 0 Å². The molecule has 49 valence electrons. The Morgan fingerprint density at radius 3 is 1.89 bits per heavy atom. The maximum atomic E-state index is 10.8. The van der Waals surface area contributed by atoms with Gasteiger partial charge in [0, 0.05) is 32.7 Å². The van der Waals surface area contributed by atoms with E-state index < -0.39 is 7.14 Å². The molecule has 0 aromatic carbocycles. The van der Waals surface area contributed by atoms with E-state index >= 15 is 0 Å². The molecule has 0 heterocycles. The van der Waals surface area contributed by atoms with Crippen molar-refractivity contribution >= 4 is 13.4 Å². The van der Waals surface area contributed by atoms with Gasteiger partial charge in [0.15, 0.2) is 0 Å². The molecule has 1 radical (unpaired) electrons. The van der Waals surface area contributed by atoms with E-state index in [1.54, 1.807) is 0 Å². The van der Waals surface area contributed by atoms with Crippen LogP contribution in [-0.4, -0.2) is 19.6 Å². The van der Waals surface area contributed by atoms with E-state index in [-0.39, 0.29) is 38.0 Å². The molecule has 0 aromatic rings. The zero-order valence-corrected chi connectivity index (χ0v) is 9.28. The summed E-state index contributed by atoms with van der Waals surface area (Å²) in [4.78, 5) is 9.75. The molecular formula is C5H8O2PY-. The zero-order valence-electron chi connectivity index (χ0n) is 5.55. The van der Waals surface area contributed by atoms with Gasteiger partial charge in [-0.1, -0.05) is 0 Å². The van der Waals surface area contributed by atoms with Crippen molar-refractivity contribution in [1.82, 2.24) is 0 Å². The Morgan fingerprint density at radius 2 is 1.89 bits per heavy atom. The van der Waals surface area contributed by atoms with Crippen molar-refractivity contribution in [3.63, 3.8) is 0 Å². The third-order valence-corrected chi connectivity index (χ3v) is 2.16. The maximum absolute atomic E-state index is 10.8. The molecule has 0 saturated heterocycles. The van der Waals surface area contributed by atoms with E-state index in [2.05, 4.69) is 6.58 Å². The summed E-state index contributed by atoms with van der Waals surface area (Å²) in [6, 6.07) is 0. The van der Waals surface area contributed by atoms with Gasteiger partial charge in [-0.05, 0) is 19.6 Å². The third-order valence-electron chi connectivity index (χ3n) is 0.768. The van der Waals surface area contributed by atoms with Crippen LogP contribution in [0.25, 0.3) is 0 Å². The standard InChI is InChI=1S/C5H8O2P.Y/c1-5(4-6)8(2,3)7;/h1H2,2-3H3;/q-1;. The minimum Gasteiger partial charge on any atom is -0.418 e. The monoisotopic (exact) mass is 220 g/mol. The molecule has 0 aliphatic rings. The van der Waals surface area contributed by atoms with Crippen LogP contribution in [0.1, 0.15) is 0 Å². The number of hydrogen-bond donors (Lipinski definition) is 0. The molecule has 0 spiro atoms. The van der Waals surface area contributed by atoms with Gasteiger partial charge in [-0.2, -0.15) is 0 Å². The van der Waals surface area contributed by atoms with E-state index in [9.17, 15) is 9.36 Å². The summed E-state index contributed by atoms with van der Waals surface area (Å²) in [6.07, 6.45) is 1.50. The summed E-state index contributed by atoms with van der Waals surface area (Å²) in [7, 11) is -2.37. The van der Waals surface area contributed by atoms with E-state index in [1.165, 1.54) is 19.6 Å². The molecule has 0 atom stereocenters. The first-order valence-electron chi connectivity index (χ1n) is 2.11. The molecule has 4 heteroatoms. The largest absolute Gasteiger partial charge is 0.418 e. The molecule has 0 unspecified atom stereocenters. The van der Waals surface area contributed by atoms with Crippen LogP contribution < -0.4 is 0 Å². The molecule has 0 fully saturated rings. The van der Waals surface area contributed by atoms with Gasteiger partial charge < -0.3 is 9.36 Å². The van der Waals surface area contributed by atoms with Gasteiger partial charge in [-0.25, -0.2) is 6.58 Å². The summed E-state index contributed by atoms with van der Waals surface area (Å²) in [5.74, 6) is 0. The van der Waals surface area contributed by atoms with E-state index in [4.69, 9.17) is 0 Å². The van der Waals surface area contributed by atoms with Gasteiger partial charge in [0.2, 0.25) is 0 Å². The molecule has 0 bridgehead atoms. The van der Waals surface area contributed by atoms with Crippen LogP contribution in [0.3, 0.4) is 0 Å². The Bertz CT molecular complexity index is 158. The predicted octanol–water partition coefficient (Wildman–Crippen LogP) is 1.23. The van der Waals surface area contributed by atoms with Crippen molar-refractivity contribution in [3.8, 4) is 0 Å². The van der Waals surface area contributed by atoms with Gasteiger partial charge in [-0.3, -0.25) is 0 Å². The van der Waals surface area contributed by atoms with Gasteiger partial charge >= 0.3 is 0 Å². The van der Waals surface area contributed by atoms with Crippen molar-refractivity contribution < 1.29 is 42.1 Å². The average molecular weight is 220 g/mol. The van der Waals surface area contributed by atoms with Crippen LogP contribution in [0.4, 0.5) is 0 Å². The Hall–Kier alpha value is 0.744. The van der Waals surface area contributed by atoms with E-state index in [0.29, 0.717) is 0 Å². The minimum absolute atomic E-state index is 0. The van der Waals surface area contributed by atoms with Crippen LogP contribution in [0.5, 0.6) is 0 Å².